The van der Waals surface area contributed by atoms with Crippen LogP contribution < -0.4 is 5.32 Å². The van der Waals surface area contributed by atoms with Crippen LogP contribution >= 0.6 is 10.7 Å². The maximum absolute atomic E-state index is 12.0. The number of halogens is 1. The zero-order valence-corrected chi connectivity index (χ0v) is 12.2. The van der Waals surface area contributed by atoms with Gasteiger partial charge in [-0.1, -0.05) is 6.07 Å². The minimum absolute atomic E-state index is 0.102. The number of nitrogens with one attached hydrogen (secondary N) is 1. The molecular formula is C13H14ClNO3S. The molecule has 0 fully saturated rings. The molecule has 0 saturated heterocycles. The molecule has 0 saturated carbocycles. The Kier molecular flexibility index (Phi) is 4.98. The third-order valence-electron chi connectivity index (χ3n) is 2.54. The maximum atomic E-state index is 12.0. The highest BCUT2D eigenvalue weighted by atomic mass is 35.7. The van der Waals surface area contributed by atoms with Crippen LogP contribution in [0.3, 0.4) is 0 Å². The second-order valence-electron chi connectivity index (χ2n) is 4.20. The average Bonchev–Trinajstić information content (AvgIpc) is 2.27. The van der Waals surface area contributed by atoms with E-state index in [-0.39, 0.29) is 22.4 Å². The molecule has 102 valence electrons. The van der Waals surface area contributed by atoms with Crippen molar-refractivity contribution in [3.05, 3.63) is 29.3 Å². The van der Waals surface area contributed by atoms with E-state index in [4.69, 9.17) is 17.1 Å². The van der Waals surface area contributed by atoms with E-state index >= 15 is 0 Å². The Morgan fingerprint density at radius 1 is 1.53 bits per heavy atom. The first-order valence-corrected chi connectivity index (χ1v) is 7.86. The Labute approximate surface area is 117 Å². The van der Waals surface area contributed by atoms with Gasteiger partial charge in [-0.25, -0.2) is 8.42 Å². The molecule has 1 N–H and O–H groups in total. The lowest BCUT2D eigenvalue weighted by molar-refractivity contribution is 0.0940. The zero-order chi connectivity index (χ0) is 14.6. The van der Waals surface area contributed by atoms with Crippen LogP contribution in [-0.2, 0) is 9.05 Å². The first-order chi connectivity index (χ1) is 8.75. The molecular weight excluding hydrogens is 286 g/mol. The van der Waals surface area contributed by atoms with Gasteiger partial charge in [0.25, 0.3) is 15.0 Å². The molecule has 0 aliphatic rings. The summed E-state index contributed by atoms with van der Waals surface area (Å²) in [5.74, 6) is 2.07. The highest BCUT2D eigenvalue weighted by Gasteiger charge is 2.16. The molecule has 1 rings (SSSR count). The molecule has 0 bridgehead atoms. The smallest absolute Gasteiger partial charge is 0.261 e. The monoisotopic (exact) mass is 299 g/mol. The molecule has 6 heteroatoms. The Hall–Kier alpha value is -1.51. The van der Waals surface area contributed by atoms with Gasteiger partial charge < -0.3 is 5.32 Å². The van der Waals surface area contributed by atoms with Gasteiger partial charge in [0.2, 0.25) is 0 Å². The average molecular weight is 300 g/mol. The van der Waals surface area contributed by atoms with Crippen LogP contribution in [0.15, 0.2) is 23.1 Å². The van der Waals surface area contributed by atoms with Crippen LogP contribution in [0, 0.1) is 19.3 Å². The van der Waals surface area contributed by atoms with Crippen molar-refractivity contribution in [2.24, 2.45) is 0 Å². The van der Waals surface area contributed by atoms with Gasteiger partial charge in [0.1, 0.15) is 0 Å². The molecule has 0 aliphatic heterocycles. The normalized spacial score (nSPS) is 12.5. The highest BCUT2D eigenvalue weighted by Crippen LogP contribution is 2.19. The number of carbonyl (C=O) groups is 1. The van der Waals surface area contributed by atoms with Gasteiger partial charge >= 0.3 is 0 Å². The quantitative estimate of drug-likeness (QED) is 0.684. The molecule has 19 heavy (non-hydrogen) atoms. The maximum Gasteiger partial charge on any atom is 0.261 e. The number of terminal acetylenes is 1. The molecule has 0 aliphatic carbocycles. The van der Waals surface area contributed by atoms with Gasteiger partial charge in [-0.2, -0.15) is 0 Å². The second-order valence-corrected chi connectivity index (χ2v) is 6.76. The first kappa shape index (κ1) is 15.5. The van der Waals surface area contributed by atoms with E-state index in [2.05, 4.69) is 11.2 Å². The van der Waals surface area contributed by atoms with E-state index in [1.807, 2.05) is 0 Å². The molecule has 1 aromatic rings. The van der Waals surface area contributed by atoms with Crippen molar-refractivity contribution in [3.63, 3.8) is 0 Å². The lowest BCUT2D eigenvalue weighted by Gasteiger charge is -2.13. The summed E-state index contributed by atoms with van der Waals surface area (Å²) in [6.07, 6.45) is 5.56. The van der Waals surface area contributed by atoms with Crippen molar-refractivity contribution in [3.8, 4) is 12.3 Å². The highest BCUT2D eigenvalue weighted by molar-refractivity contribution is 8.13. The fraction of sp³-hybridized carbons (Fsp3) is 0.308. The third-order valence-corrected chi connectivity index (χ3v) is 3.89. The summed E-state index contributed by atoms with van der Waals surface area (Å²) < 4.78 is 22.5. The zero-order valence-electron chi connectivity index (χ0n) is 10.6. The van der Waals surface area contributed by atoms with E-state index in [0.29, 0.717) is 12.0 Å². The van der Waals surface area contributed by atoms with Gasteiger partial charge in [-0.15, -0.1) is 12.3 Å². The van der Waals surface area contributed by atoms with Gasteiger partial charge in [-0.3, -0.25) is 4.79 Å². The van der Waals surface area contributed by atoms with Gasteiger partial charge in [0.05, 0.1) is 4.90 Å². The van der Waals surface area contributed by atoms with Crippen LogP contribution in [-0.4, -0.2) is 20.4 Å². The molecule has 0 aromatic heterocycles. The van der Waals surface area contributed by atoms with E-state index in [1.54, 1.807) is 13.8 Å². The molecule has 4 nitrogen and oxygen atoms in total. The molecule has 0 heterocycles. The van der Waals surface area contributed by atoms with E-state index in [0.717, 1.165) is 0 Å². The predicted octanol–water partition coefficient (Wildman–Crippen LogP) is 2.06. The lowest BCUT2D eigenvalue weighted by Crippen LogP contribution is -2.32. The van der Waals surface area contributed by atoms with Crippen molar-refractivity contribution in [1.82, 2.24) is 5.32 Å². The lowest BCUT2D eigenvalue weighted by atomic mass is 10.1. The van der Waals surface area contributed by atoms with Gasteiger partial charge in [-0.05, 0) is 31.5 Å². The SMILES string of the molecule is C#CCC(C)NC(=O)c1cc(S(=O)(=O)Cl)ccc1C. The van der Waals surface area contributed by atoms with Crippen molar-refractivity contribution >= 4 is 25.6 Å². The summed E-state index contributed by atoms with van der Waals surface area (Å²) >= 11 is 0. The Bertz CT molecular complexity index is 632. The number of amides is 1. The van der Waals surface area contributed by atoms with Crippen molar-refractivity contribution in [1.29, 1.82) is 0 Å². The van der Waals surface area contributed by atoms with Gasteiger partial charge in [0.15, 0.2) is 0 Å². The number of carbonyl (C=O) groups excluding carboxylic acids is 1. The summed E-state index contributed by atoms with van der Waals surface area (Å²) in [6.45, 7) is 3.49. The molecule has 0 spiro atoms. The van der Waals surface area contributed by atoms with Crippen LogP contribution in [0.5, 0.6) is 0 Å². The third kappa shape index (κ3) is 4.27. The number of hydrogen-bond donors (Lipinski definition) is 1. The van der Waals surface area contributed by atoms with Crippen LogP contribution in [0.2, 0.25) is 0 Å². The number of rotatable bonds is 4. The first-order valence-electron chi connectivity index (χ1n) is 5.55. The van der Waals surface area contributed by atoms with E-state index in [9.17, 15) is 13.2 Å². The Balaban J connectivity index is 3.07. The largest absolute Gasteiger partial charge is 0.349 e. The van der Waals surface area contributed by atoms with Crippen molar-refractivity contribution in [2.45, 2.75) is 31.2 Å². The number of hydrogen-bond acceptors (Lipinski definition) is 3. The van der Waals surface area contributed by atoms with Crippen LogP contribution in [0.1, 0.15) is 29.3 Å². The van der Waals surface area contributed by atoms with Crippen molar-refractivity contribution in [2.75, 3.05) is 0 Å². The van der Waals surface area contributed by atoms with E-state index in [1.165, 1.54) is 18.2 Å². The molecule has 1 atom stereocenters. The van der Waals surface area contributed by atoms with Gasteiger partial charge in [0, 0.05) is 28.7 Å². The Morgan fingerprint density at radius 2 is 2.16 bits per heavy atom. The summed E-state index contributed by atoms with van der Waals surface area (Å²) in [7, 11) is 1.40. The molecule has 0 radical (unpaired) electrons. The summed E-state index contributed by atoms with van der Waals surface area (Å²) in [5.41, 5.74) is 0.931. The number of aryl methyl sites for hydroxylation is 1. The minimum Gasteiger partial charge on any atom is -0.349 e. The minimum atomic E-state index is -3.85. The fourth-order valence-electron chi connectivity index (χ4n) is 1.53. The van der Waals surface area contributed by atoms with Crippen LogP contribution in [0.4, 0.5) is 0 Å². The fourth-order valence-corrected chi connectivity index (χ4v) is 2.30. The molecule has 1 aromatic carbocycles. The predicted molar refractivity (Wildman–Crippen MR) is 74.6 cm³/mol. The Morgan fingerprint density at radius 3 is 2.68 bits per heavy atom. The molecule has 1 amide bonds. The van der Waals surface area contributed by atoms with Crippen LogP contribution in [0.25, 0.3) is 0 Å². The standard InChI is InChI=1S/C13H14ClNO3S/c1-4-5-10(3)15-13(16)12-8-11(19(14,17)18)7-6-9(12)2/h1,6-8,10H,5H2,2-3H3,(H,15,16). The molecule has 1 unspecified atom stereocenters. The number of benzene rings is 1. The summed E-state index contributed by atoms with van der Waals surface area (Å²) in [6, 6.07) is 3.97. The topological polar surface area (TPSA) is 63.2 Å². The summed E-state index contributed by atoms with van der Waals surface area (Å²) in [4.78, 5) is 11.9. The second kappa shape index (κ2) is 6.09. The van der Waals surface area contributed by atoms with Crippen molar-refractivity contribution < 1.29 is 13.2 Å². The summed E-state index contributed by atoms with van der Waals surface area (Å²) in [5, 5.41) is 2.70. The van der Waals surface area contributed by atoms with E-state index < -0.39 is 9.05 Å².